The van der Waals surface area contributed by atoms with Crippen LogP contribution in [-0.4, -0.2) is 16.5 Å². The molecule has 6 heteroatoms. The minimum Gasteiger partial charge on any atom is -0.349 e. The van der Waals surface area contributed by atoms with Gasteiger partial charge in [0.2, 0.25) is 5.95 Å². The summed E-state index contributed by atoms with van der Waals surface area (Å²) in [4.78, 5) is 11.5. The largest absolute Gasteiger partial charge is 0.349 e. The molecule has 1 N–H and O–H groups in total. The zero-order chi connectivity index (χ0) is 19.8. The highest BCUT2D eigenvalue weighted by atomic mass is 19.1. The number of rotatable bonds is 3. The quantitative estimate of drug-likeness (QED) is 0.675. The van der Waals surface area contributed by atoms with Gasteiger partial charge in [0.05, 0.1) is 6.04 Å². The standard InChI is InChI=1S/C22H22F2N4/c1-13-14(2)25-22(26-19-7-4-17(23)5-8-19)27-21(13)28-11-10-16-12-18(24)6-9-20(16)15(28)3/h4-9,12,15H,10-11H2,1-3H3,(H,25,26,27). The Kier molecular flexibility index (Phi) is 4.71. The van der Waals surface area contributed by atoms with Crippen molar-refractivity contribution in [1.29, 1.82) is 0 Å². The van der Waals surface area contributed by atoms with Crippen LogP contribution >= 0.6 is 0 Å². The second kappa shape index (κ2) is 7.19. The molecule has 0 fully saturated rings. The molecule has 3 aromatic rings. The third kappa shape index (κ3) is 3.42. The van der Waals surface area contributed by atoms with Gasteiger partial charge in [-0.05, 0) is 74.7 Å². The molecule has 28 heavy (non-hydrogen) atoms. The molecule has 0 bridgehead atoms. The first-order valence-electron chi connectivity index (χ1n) is 9.35. The van der Waals surface area contributed by atoms with Crippen molar-refractivity contribution < 1.29 is 8.78 Å². The normalized spacial score (nSPS) is 16.0. The lowest BCUT2D eigenvalue weighted by Gasteiger charge is -2.37. The first-order valence-corrected chi connectivity index (χ1v) is 9.35. The highest BCUT2D eigenvalue weighted by Crippen LogP contribution is 2.35. The van der Waals surface area contributed by atoms with Crippen molar-refractivity contribution in [1.82, 2.24) is 9.97 Å². The van der Waals surface area contributed by atoms with Gasteiger partial charge in [-0.1, -0.05) is 6.07 Å². The molecule has 4 nitrogen and oxygen atoms in total. The third-order valence-corrected chi connectivity index (χ3v) is 5.38. The number of hydrogen-bond acceptors (Lipinski definition) is 4. The summed E-state index contributed by atoms with van der Waals surface area (Å²) in [5.41, 5.74) is 4.80. The molecule has 0 saturated heterocycles. The molecular formula is C22H22F2N4. The van der Waals surface area contributed by atoms with Crippen LogP contribution in [-0.2, 0) is 6.42 Å². The Balaban J connectivity index is 1.68. The second-order valence-electron chi connectivity index (χ2n) is 7.18. The number of hydrogen-bond donors (Lipinski definition) is 1. The highest BCUT2D eigenvalue weighted by Gasteiger charge is 2.27. The number of aryl methyl sites for hydroxylation is 1. The lowest BCUT2D eigenvalue weighted by atomic mass is 9.93. The molecule has 0 radical (unpaired) electrons. The summed E-state index contributed by atoms with van der Waals surface area (Å²) in [6.07, 6.45) is 0.765. The van der Waals surface area contributed by atoms with E-state index in [9.17, 15) is 8.78 Å². The van der Waals surface area contributed by atoms with Crippen LogP contribution in [0.1, 0.15) is 35.3 Å². The van der Waals surface area contributed by atoms with E-state index in [4.69, 9.17) is 4.98 Å². The van der Waals surface area contributed by atoms with Crippen LogP contribution in [0.25, 0.3) is 0 Å². The van der Waals surface area contributed by atoms with E-state index in [0.717, 1.165) is 46.9 Å². The molecule has 4 rings (SSSR count). The fourth-order valence-corrected chi connectivity index (χ4v) is 3.70. The molecule has 0 aliphatic carbocycles. The van der Waals surface area contributed by atoms with Gasteiger partial charge in [-0.15, -0.1) is 0 Å². The predicted molar refractivity (Wildman–Crippen MR) is 107 cm³/mol. The Bertz CT molecular complexity index is 1020. The van der Waals surface area contributed by atoms with Crippen molar-refractivity contribution in [3.05, 3.63) is 76.5 Å². The van der Waals surface area contributed by atoms with E-state index in [1.807, 2.05) is 19.9 Å². The van der Waals surface area contributed by atoms with Crippen LogP contribution in [0, 0.1) is 25.5 Å². The van der Waals surface area contributed by atoms with Crippen LogP contribution in [0.15, 0.2) is 42.5 Å². The summed E-state index contributed by atoms with van der Waals surface area (Å²) >= 11 is 0. The van der Waals surface area contributed by atoms with Gasteiger partial charge in [-0.3, -0.25) is 0 Å². The summed E-state index contributed by atoms with van der Waals surface area (Å²) in [7, 11) is 0. The Morgan fingerprint density at radius 2 is 1.71 bits per heavy atom. The first kappa shape index (κ1) is 18.3. The number of fused-ring (bicyclic) bond motifs is 1. The fourth-order valence-electron chi connectivity index (χ4n) is 3.70. The molecule has 0 spiro atoms. The number of nitrogens with one attached hydrogen (secondary N) is 1. The van der Waals surface area contributed by atoms with Gasteiger partial charge in [0.25, 0.3) is 0 Å². The van der Waals surface area contributed by atoms with E-state index in [2.05, 4.69) is 22.1 Å². The maximum absolute atomic E-state index is 13.6. The van der Waals surface area contributed by atoms with E-state index < -0.39 is 0 Å². The molecule has 1 aliphatic heterocycles. The summed E-state index contributed by atoms with van der Waals surface area (Å²) in [5, 5.41) is 3.15. The van der Waals surface area contributed by atoms with Crippen LogP contribution < -0.4 is 10.2 Å². The lowest BCUT2D eigenvalue weighted by Crippen LogP contribution is -2.35. The number of halogens is 2. The number of nitrogens with zero attached hydrogens (tertiary/aromatic N) is 3. The van der Waals surface area contributed by atoms with Crippen LogP contribution in [0.4, 0.5) is 26.2 Å². The molecule has 2 aromatic carbocycles. The van der Waals surface area contributed by atoms with Gasteiger partial charge in [0.1, 0.15) is 17.5 Å². The van der Waals surface area contributed by atoms with E-state index in [1.165, 1.54) is 18.2 Å². The van der Waals surface area contributed by atoms with Crippen molar-refractivity contribution in [2.75, 3.05) is 16.8 Å². The summed E-state index contributed by atoms with van der Waals surface area (Å²) in [6.45, 7) is 6.83. The Morgan fingerprint density at radius 3 is 2.46 bits per heavy atom. The Hall–Kier alpha value is -3.02. The summed E-state index contributed by atoms with van der Waals surface area (Å²) in [5.74, 6) is 0.852. The molecule has 144 valence electrons. The molecule has 2 heterocycles. The average Bonchev–Trinajstić information content (AvgIpc) is 2.67. The summed E-state index contributed by atoms with van der Waals surface area (Å²) in [6, 6.07) is 11.2. The van der Waals surface area contributed by atoms with Gasteiger partial charge in [0.15, 0.2) is 0 Å². The highest BCUT2D eigenvalue weighted by molar-refractivity contribution is 5.59. The van der Waals surface area contributed by atoms with Crippen molar-refractivity contribution >= 4 is 17.5 Å². The third-order valence-electron chi connectivity index (χ3n) is 5.38. The second-order valence-corrected chi connectivity index (χ2v) is 7.18. The maximum atomic E-state index is 13.6. The van der Waals surface area contributed by atoms with Gasteiger partial charge >= 0.3 is 0 Å². The molecule has 1 atom stereocenters. The molecule has 0 amide bonds. The number of benzene rings is 2. The average molecular weight is 380 g/mol. The zero-order valence-corrected chi connectivity index (χ0v) is 16.1. The SMILES string of the molecule is Cc1nc(Nc2ccc(F)cc2)nc(N2CCc3cc(F)ccc3C2C)c1C. The number of anilines is 3. The van der Waals surface area contributed by atoms with E-state index >= 15 is 0 Å². The van der Waals surface area contributed by atoms with E-state index in [0.29, 0.717) is 5.95 Å². The zero-order valence-electron chi connectivity index (χ0n) is 16.1. The minimum atomic E-state index is -0.288. The van der Waals surface area contributed by atoms with Crippen LogP contribution in [0.3, 0.4) is 0 Å². The van der Waals surface area contributed by atoms with Crippen molar-refractivity contribution in [3.8, 4) is 0 Å². The van der Waals surface area contributed by atoms with E-state index in [1.54, 1.807) is 18.2 Å². The Labute approximate surface area is 163 Å². The van der Waals surface area contributed by atoms with Crippen molar-refractivity contribution in [2.45, 2.75) is 33.2 Å². The first-order chi connectivity index (χ1) is 13.4. The van der Waals surface area contributed by atoms with Gasteiger partial charge < -0.3 is 10.2 Å². The van der Waals surface area contributed by atoms with Crippen LogP contribution in [0.5, 0.6) is 0 Å². The van der Waals surface area contributed by atoms with Crippen LogP contribution in [0.2, 0.25) is 0 Å². The lowest BCUT2D eigenvalue weighted by molar-refractivity contribution is 0.593. The predicted octanol–water partition coefficient (Wildman–Crippen LogP) is 5.24. The van der Waals surface area contributed by atoms with Crippen molar-refractivity contribution in [2.24, 2.45) is 0 Å². The number of aromatic nitrogens is 2. The van der Waals surface area contributed by atoms with Gasteiger partial charge in [-0.25, -0.2) is 13.8 Å². The van der Waals surface area contributed by atoms with Gasteiger partial charge in [-0.2, -0.15) is 4.98 Å². The summed E-state index contributed by atoms with van der Waals surface area (Å²) < 4.78 is 26.7. The Morgan fingerprint density at radius 1 is 1.00 bits per heavy atom. The minimum absolute atomic E-state index is 0.0796. The topological polar surface area (TPSA) is 41.1 Å². The smallest absolute Gasteiger partial charge is 0.229 e. The molecule has 1 aliphatic rings. The fraction of sp³-hybridized carbons (Fsp3) is 0.273. The molecule has 1 unspecified atom stereocenters. The molecular weight excluding hydrogens is 358 g/mol. The van der Waals surface area contributed by atoms with Crippen molar-refractivity contribution in [3.63, 3.8) is 0 Å². The van der Waals surface area contributed by atoms with E-state index in [-0.39, 0.29) is 17.7 Å². The molecule has 1 aromatic heterocycles. The monoisotopic (exact) mass is 380 g/mol. The van der Waals surface area contributed by atoms with Gasteiger partial charge in [0, 0.05) is 23.5 Å². The molecule has 0 saturated carbocycles. The maximum Gasteiger partial charge on any atom is 0.229 e.